The summed E-state index contributed by atoms with van der Waals surface area (Å²) in [5.41, 5.74) is 1.23. The van der Waals surface area contributed by atoms with Gasteiger partial charge >= 0.3 is 0 Å². The Balaban J connectivity index is 2.24. The Morgan fingerprint density at radius 2 is 2.20 bits per heavy atom. The van der Waals surface area contributed by atoms with Gasteiger partial charge in [-0.15, -0.1) is 0 Å². The van der Waals surface area contributed by atoms with Gasteiger partial charge in [-0.1, -0.05) is 13.8 Å². The minimum atomic E-state index is 0.559. The molecule has 1 aromatic rings. The number of hydrogen-bond acceptors (Lipinski definition) is 3. The quantitative estimate of drug-likeness (QED) is 0.778. The molecular formula is C12H22N2O. The molecule has 1 rings (SSSR count). The van der Waals surface area contributed by atoms with Crippen LogP contribution in [0.3, 0.4) is 0 Å². The first-order valence-electron chi connectivity index (χ1n) is 5.54. The highest BCUT2D eigenvalue weighted by Crippen LogP contribution is 2.10. The van der Waals surface area contributed by atoms with E-state index in [1.165, 1.54) is 5.56 Å². The maximum Gasteiger partial charge on any atom is 0.120 e. The predicted molar refractivity (Wildman–Crippen MR) is 62.9 cm³/mol. The summed E-state index contributed by atoms with van der Waals surface area (Å²) < 4.78 is 5.40. The molecule has 3 nitrogen and oxygen atoms in total. The molecule has 1 heterocycles. The molecule has 0 aliphatic rings. The molecular weight excluding hydrogens is 188 g/mol. The van der Waals surface area contributed by atoms with Crippen LogP contribution in [0.5, 0.6) is 0 Å². The van der Waals surface area contributed by atoms with Crippen LogP contribution in [0.4, 0.5) is 0 Å². The molecule has 3 heteroatoms. The van der Waals surface area contributed by atoms with E-state index in [0.717, 1.165) is 25.4 Å². The molecule has 0 atom stereocenters. The van der Waals surface area contributed by atoms with Crippen molar-refractivity contribution in [2.24, 2.45) is 0 Å². The second kappa shape index (κ2) is 5.93. The number of nitrogens with one attached hydrogen (secondary N) is 1. The van der Waals surface area contributed by atoms with E-state index in [1.54, 1.807) is 6.26 Å². The Morgan fingerprint density at radius 1 is 1.47 bits per heavy atom. The molecule has 0 aliphatic heterocycles. The van der Waals surface area contributed by atoms with E-state index in [-0.39, 0.29) is 0 Å². The maximum absolute atomic E-state index is 5.40. The van der Waals surface area contributed by atoms with Crippen LogP contribution in [-0.2, 0) is 6.54 Å². The molecule has 1 N–H and O–H groups in total. The Labute approximate surface area is 92.5 Å². The highest BCUT2D eigenvalue weighted by Gasteiger charge is 2.05. The van der Waals surface area contributed by atoms with Crippen molar-refractivity contribution in [2.75, 3.05) is 20.1 Å². The van der Waals surface area contributed by atoms with Gasteiger partial charge in [0.15, 0.2) is 0 Å². The first-order chi connectivity index (χ1) is 7.09. The Kier molecular flexibility index (Phi) is 4.85. The number of rotatable bonds is 6. The van der Waals surface area contributed by atoms with Crippen molar-refractivity contribution in [2.45, 2.75) is 33.4 Å². The largest absolute Gasteiger partial charge is 0.468 e. The van der Waals surface area contributed by atoms with Crippen molar-refractivity contribution >= 4 is 0 Å². The number of hydrogen-bond donors (Lipinski definition) is 1. The lowest BCUT2D eigenvalue weighted by Crippen LogP contribution is -2.32. The van der Waals surface area contributed by atoms with Gasteiger partial charge in [0.1, 0.15) is 5.76 Å². The van der Waals surface area contributed by atoms with Gasteiger partial charge in [-0.25, -0.2) is 0 Å². The van der Waals surface area contributed by atoms with Crippen LogP contribution in [0.25, 0.3) is 0 Å². The van der Waals surface area contributed by atoms with Crippen LogP contribution >= 0.6 is 0 Å². The summed E-state index contributed by atoms with van der Waals surface area (Å²) in [5, 5.41) is 3.40. The highest BCUT2D eigenvalue weighted by atomic mass is 16.3. The van der Waals surface area contributed by atoms with E-state index < -0.39 is 0 Å². The Hall–Kier alpha value is -0.800. The number of likely N-dealkylation sites (N-methyl/N-ethyl adjacent to an activating group) is 1. The first kappa shape index (κ1) is 12.3. The van der Waals surface area contributed by atoms with Gasteiger partial charge in [-0.2, -0.15) is 0 Å². The van der Waals surface area contributed by atoms with Crippen molar-refractivity contribution < 1.29 is 4.42 Å². The normalized spacial score (nSPS) is 11.6. The summed E-state index contributed by atoms with van der Waals surface area (Å²) in [6.45, 7) is 9.36. The second-order valence-corrected chi connectivity index (χ2v) is 4.37. The molecule has 0 unspecified atom stereocenters. The molecule has 0 aromatic carbocycles. The molecule has 0 radical (unpaired) electrons. The summed E-state index contributed by atoms with van der Waals surface area (Å²) >= 11 is 0. The smallest absolute Gasteiger partial charge is 0.120 e. The average Bonchev–Trinajstić information content (AvgIpc) is 2.51. The Morgan fingerprint density at radius 3 is 2.73 bits per heavy atom. The molecule has 0 amide bonds. The Bertz CT molecular complexity index is 281. The van der Waals surface area contributed by atoms with Gasteiger partial charge in [-0.3, -0.25) is 4.90 Å². The van der Waals surface area contributed by atoms with Gasteiger partial charge in [0.05, 0.1) is 12.8 Å². The third-order valence-corrected chi connectivity index (χ3v) is 2.43. The van der Waals surface area contributed by atoms with Crippen molar-refractivity contribution in [3.8, 4) is 0 Å². The minimum Gasteiger partial charge on any atom is -0.468 e. The predicted octanol–water partition coefficient (Wildman–Crippen LogP) is 2.02. The minimum absolute atomic E-state index is 0.559. The van der Waals surface area contributed by atoms with Crippen LogP contribution in [0.1, 0.15) is 25.2 Å². The molecule has 0 bridgehead atoms. The lowest BCUT2D eigenvalue weighted by atomic mass is 10.2. The molecule has 1 aromatic heterocycles. The molecule has 86 valence electrons. The lowest BCUT2D eigenvalue weighted by Gasteiger charge is -2.17. The topological polar surface area (TPSA) is 28.4 Å². The van der Waals surface area contributed by atoms with Crippen molar-refractivity contribution in [3.63, 3.8) is 0 Å². The summed E-state index contributed by atoms with van der Waals surface area (Å²) in [6.07, 6.45) is 1.75. The van der Waals surface area contributed by atoms with Crippen LogP contribution in [0.15, 0.2) is 16.7 Å². The zero-order valence-corrected chi connectivity index (χ0v) is 10.2. The van der Waals surface area contributed by atoms with Gasteiger partial charge in [0, 0.05) is 19.1 Å². The zero-order valence-electron chi connectivity index (χ0n) is 10.2. The van der Waals surface area contributed by atoms with E-state index in [0.29, 0.717) is 6.04 Å². The standard InChI is InChI=1S/C12H22N2O/c1-10(2)13-6-7-14(4)9-12-11(3)5-8-15-12/h5,8,10,13H,6-7,9H2,1-4H3. The van der Waals surface area contributed by atoms with E-state index in [4.69, 9.17) is 4.42 Å². The number of nitrogens with zero attached hydrogens (tertiary/aromatic N) is 1. The van der Waals surface area contributed by atoms with E-state index in [1.807, 2.05) is 6.07 Å². The van der Waals surface area contributed by atoms with Gasteiger partial charge in [0.2, 0.25) is 0 Å². The SMILES string of the molecule is Cc1ccoc1CN(C)CCNC(C)C. The van der Waals surface area contributed by atoms with Crippen LogP contribution in [0, 0.1) is 6.92 Å². The summed E-state index contributed by atoms with van der Waals surface area (Å²) in [6, 6.07) is 2.57. The van der Waals surface area contributed by atoms with Crippen molar-refractivity contribution in [1.29, 1.82) is 0 Å². The second-order valence-electron chi connectivity index (χ2n) is 4.37. The van der Waals surface area contributed by atoms with Crippen LogP contribution in [-0.4, -0.2) is 31.1 Å². The lowest BCUT2D eigenvalue weighted by molar-refractivity contribution is 0.290. The fourth-order valence-corrected chi connectivity index (χ4v) is 1.43. The molecule has 0 aliphatic carbocycles. The van der Waals surface area contributed by atoms with E-state index in [2.05, 4.69) is 38.0 Å². The zero-order chi connectivity index (χ0) is 11.3. The van der Waals surface area contributed by atoms with Crippen LogP contribution < -0.4 is 5.32 Å². The van der Waals surface area contributed by atoms with Crippen molar-refractivity contribution in [1.82, 2.24) is 10.2 Å². The number of furan rings is 1. The molecule has 0 saturated carbocycles. The van der Waals surface area contributed by atoms with Gasteiger partial charge < -0.3 is 9.73 Å². The third-order valence-electron chi connectivity index (χ3n) is 2.43. The van der Waals surface area contributed by atoms with Crippen molar-refractivity contribution in [3.05, 3.63) is 23.7 Å². The summed E-state index contributed by atoms with van der Waals surface area (Å²) in [5.74, 6) is 1.07. The first-order valence-corrected chi connectivity index (χ1v) is 5.54. The fourth-order valence-electron chi connectivity index (χ4n) is 1.43. The third kappa shape index (κ3) is 4.49. The average molecular weight is 210 g/mol. The monoisotopic (exact) mass is 210 g/mol. The molecule has 15 heavy (non-hydrogen) atoms. The van der Waals surface area contributed by atoms with E-state index >= 15 is 0 Å². The maximum atomic E-state index is 5.40. The summed E-state index contributed by atoms with van der Waals surface area (Å²) in [7, 11) is 2.12. The fraction of sp³-hybridized carbons (Fsp3) is 0.667. The van der Waals surface area contributed by atoms with Gasteiger partial charge in [-0.05, 0) is 25.6 Å². The summed E-state index contributed by atoms with van der Waals surface area (Å²) in [4.78, 5) is 2.27. The van der Waals surface area contributed by atoms with Gasteiger partial charge in [0.25, 0.3) is 0 Å². The van der Waals surface area contributed by atoms with E-state index in [9.17, 15) is 0 Å². The molecule has 0 spiro atoms. The molecule has 0 saturated heterocycles. The van der Waals surface area contributed by atoms with Crippen LogP contribution in [0.2, 0.25) is 0 Å². The molecule has 0 fully saturated rings. The number of aryl methyl sites for hydroxylation is 1. The highest BCUT2D eigenvalue weighted by molar-refractivity contribution is 5.14.